The molecule has 35 heavy (non-hydrogen) atoms. The molecule has 0 atom stereocenters. The quantitative estimate of drug-likeness (QED) is 0.438. The highest BCUT2D eigenvalue weighted by atomic mass is 19.1. The zero-order chi connectivity index (χ0) is 25.3. The SMILES string of the molecule is CNCCOc1c(N)ncnc1-c1cc(F)cc(NC(=O)c2cc3c(cc2F)C(C)(C)CO3)c1C. The normalized spacial score (nSPS) is 13.8. The highest BCUT2D eigenvalue weighted by Crippen LogP contribution is 2.40. The molecule has 3 aromatic rings. The second-order valence-electron chi connectivity index (χ2n) is 8.97. The van der Waals surface area contributed by atoms with Crippen molar-refractivity contribution in [2.24, 2.45) is 0 Å². The lowest BCUT2D eigenvalue weighted by Gasteiger charge is -2.17. The number of aromatic nitrogens is 2. The van der Waals surface area contributed by atoms with Crippen LogP contribution < -0.4 is 25.8 Å². The van der Waals surface area contributed by atoms with Gasteiger partial charge in [-0.25, -0.2) is 18.7 Å². The first kappa shape index (κ1) is 24.3. The van der Waals surface area contributed by atoms with Crippen molar-refractivity contribution < 1.29 is 23.0 Å². The summed E-state index contributed by atoms with van der Waals surface area (Å²) in [4.78, 5) is 21.2. The molecule has 8 nitrogen and oxygen atoms in total. The number of halogens is 2. The maximum absolute atomic E-state index is 14.9. The predicted molar refractivity (Wildman–Crippen MR) is 129 cm³/mol. The van der Waals surface area contributed by atoms with Gasteiger partial charge in [-0.2, -0.15) is 0 Å². The molecule has 184 valence electrons. The van der Waals surface area contributed by atoms with Crippen molar-refractivity contribution in [1.29, 1.82) is 0 Å². The van der Waals surface area contributed by atoms with E-state index < -0.39 is 17.5 Å². The van der Waals surface area contributed by atoms with Gasteiger partial charge in [0.05, 0.1) is 12.2 Å². The number of anilines is 2. The highest BCUT2D eigenvalue weighted by molar-refractivity contribution is 6.05. The number of carbonyl (C=O) groups excluding carboxylic acids is 1. The standard InChI is InChI=1S/C25H27F2N5O3/c1-13-15(21-22(34-6-5-29-4)23(28)31-12-30-21)7-14(26)8-19(13)32-24(33)16-9-20-17(10-18(16)27)25(2,3)11-35-20/h7-10,12,29H,5-6,11H2,1-4H3,(H,32,33)(H2,28,30,31). The first-order valence-corrected chi connectivity index (χ1v) is 11.1. The number of nitrogens with one attached hydrogen (secondary N) is 2. The van der Waals surface area contributed by atoms with Crippen molar-refractivity contribution in [2.75, 3.05) is 37.9 Å². The number of amides is 1. The second kappa shape index (κ2) is 9.46. The molecule has 2 aromatic carbocycles. The number of rotatable bonds is 7. The minimum atomic E-state index is -0.731. The van der Waals surface area contributed by atoms with Crippen LogP contribution in [0.5, 0.6) is 11.5 Å². The number of fused-ring (bicyclic) bond motifs is 1. The molecule has 1 aliphatic heterocycles. The summed E-state index contributed by atoms with van der Waals surface area (Å²) >= 11 is 0. The molecule has 0 bridgehead atoms. The first-order valence-electron chi connectivity index (χ1n) is 11.1. The molecule has 1 amide bonds. The smallest absolute Gasteiger partial charge is 0.258 e. The minimum Gasteiger partial charge on any atom is -0.492 e. The predicted octanol–water partition coefficient (Wildman–Crippen LogP) is 3.83. The van der Waals surface area contributed by atoms with Crippen molar-refractivity contribution in [1.82, 2.24) is 15.3 Å². The zero-order valence-electron chi connectivity index (χ0n) is 20.0. The summed E-state index contributed by atoms with van der Waals surface area (Å²) in [6.45, 7) is 6.78. The maximum atomic E-state index is 14.9. The fourth-order valence-electron chi connectivity index (χ4n) is 3.93. The van der Waals surface area contributed by atoms with Gasteiger partial charge in [-0.15, -0.1) is 0 Å². The van der Waals surface area contributed by atoms with Gasteiger partial charge in [0, 0.05) is 28.8 Å². The fourth-order valence-corrected chi connectivity index (χ4v) is 3.93. The number of nitrogens with two attached hydrogens (primary N) is 1. The average molecular weight is 484 g/mol. The Balaban J connectivity index is 1.69. The summed E-state index contributed by atoms with van der Waals surface area (Å²) in [7, 11) is 1.78. The topological polar surface area (TPSA) is 111 Å². The molecule has 0 unspecified atom stereocenters. The van der Waals surface area contributed by atoms with Gasteiger partial charge in [0.15, 0.2) is 11.6 Å². The van der Waals surface area contributed by atoms with Gasteiger partial charge in [-0.1, -0.05) is 13.8 Å². The number of nitrogens with zero attached hydrogens (tertiary/aromatic N) is 2. The lowest BCUT2D eigenvalue weighted by atomic mass is 9.86. The Bertz CT molecular complexity index is 1300. The summed E-state index contributed by atoms with van der Waals surface area (Å²) in [6.07, 6.45) is 1.25. The molecule has 4 rings (SSSR count). The molecule has 10 heteroatoms. The summed E-state index contributed by atoms with van der Waals surface area (Å²) in [5, 5.41) is 5.57. The molecule has 0 aliphatic carbocycles. The monoisotopic (exact) mass is 483 g/mol. The van der Waals surface area contributed by atoms with E-state index in [1.807, 2.05) is 13.8 Å². The number of benzene rings is 2. The summed E-state index contributed by atoms with van der Waals surface area (Å²) in [5.74, 6) is -1.28. The van der Waals surface area contributed by atoms with E-state index in [9.17, 15) is 13.6 Å². The zero-order valence-corrected chi connectivity index (χ0v) is 20.0. The minimum absolute atomic E-state index is 0.100. The van der Waals surface area contributed by atoms with Crippen LogP contribution in [-0.4, -0.2) is 42.7 Å². The van der Waals surface area contributed by atoms with Crippen LogP contribution in [0, 0.1) is 18.6 Å². The molecule has 1 aliphatic rings. The number of likely N-dealkylation sites (N-methyl/N-ethyl adjacent to an activating group) is 1. The van der Waals surface area contributed by atoms with Crippen LogP contribution in [0.15, 0.2) is 30.6 Å². The molecule has 0 radical (unpaired) electrons. The second-order valence-corrected chi connectivity index (χ2v) is 8.97. The first-order chi connectivity index (χ1) is 16.6. The third kappa shape index (κ3) is 4.74. The van der Waals surface area contributed by atoms with E-state index in [4.69, 9.17) is 15.2 Å². The van der Waals surface area contributed by atoms with Gasteiger partial charge in [0.25, 0.3) is 5.91 Å². The number of nitrogen functional groups attached to an aromatic ring is 1. The van der Waals surface area contributed by atoms with E-state index in [1.54, 1.807) is 14.0 Å². The van der Waals surface area contributed by atoms with Crippen LogP contribution in [0.4, 0.5) is 20.3 Å². The maximum Gasteiger partial charge on any atom is 0.258 e. The Kier molecular flexibility index (Phi) is 6.58. The Morgan fingerprint density at radius 2 is 2.00 bits per heavy atom. The van der Waals surface area contributed by atoms with Crippen molar-refractivity contribution in [3.05, 3.63) is 58.9 Å². The molecular formula is C25H27F2N5O3. The van der Waals surface area contributed by atoms with Gasteiger partial charge in [0.1, 0.15) is 36.0 Å². The van der Waals surface area contributed by atoms with Crippen LogP contribution in [-0.2, 0) is 5.41 Å². The van der Waals surface area contributed by atoms with E-state index in [0.717, 1.165) is 6.07 Å². The van der Waals surface area contributed by atoms with E-state index in [2.05, 4.69) is 20.6 Å². The number of ether oxygens (including phenoxy) is 2. The van der Waals surface area contributed by atoms with Gasteiger partial charge in [-0.05, 0) is 43.8 Å². The Morgan fingerprint density at radius 1 is 1.23 bits per heavy atom. The Morgan fingerprint density at radius 3 is 2.74 bits per heavy atom. The third-order valence-corrected chi connectivity index (χ3v) is 5.94. The Hall–Kier alpha value is -3.79. The molecule has 0 saturated carbocycles. The lowest BCUT2D eigenvalue weighted by Crippen LogP contribution is -2.19. The average Bonchev–Trinajstić information content (AvgIpc) is 3.10. The number of carbonyl (C=O) groups is 1. The largest absolute Gasteiger partial charge is 0.492 e. The van der Waals surface area contributed by atoms with Gasteiger partial charge < -0.3 is 25.8 Å². The molecule has 4 N–H and O–H groups in total. The number of hydrogen-bond acceptors (Lipinski definition) is 7. The van der Waals surface area contributed by atoms with Crippen molar-refractivity contribution in [3.63, 3.8) is 0 Å². The third-order valence-electron chi connectivity index (χ3n) is 5.94. The van der Waals surface area contributed by atoms with Crippen LogP contribution in [0.1, 0.15) is 35.3 Å². The molecule has 0 saturated heterocycles. The van der Waals surface area contributed by atoms with Gasteiger partial charge in [0.2, 0.25) is 0 Å². The van der Waals surface area contributed by atoms with E-state index in [0.29, 0.717) is 35.6 Å². The molecule has 0 fully saturated rings. The lowest BCUT2D eigenvalue weighted by molar-refractivity contribution is 0.102. The van der Waals surface area contributed by atoms with E-state index in [1.165, 1.54) is 24.5 Å². The summed E-state index contributed by atoms with van der Waals surface area (Å²) in [5.41, 5.74) is 7.42. The fraction of sp³-hybridized carbons (Fsp3) is 0.320. The molecule has 1 aromatic heterocycles. The summed E-state index contributed by atoms with van der Waals surface area (Å²) < 4.78 is 40.9. The van der Waals surface area contributed by atoms with Crippen molar-refractivity contribution in [2.45, 2.75) is 26.2 Å². The van der Waals surface area contributed by atoms with Crippen molar-refractivity contribution >= 4 is 17.4 Å². The van der Waals surface area contributed by atoms with Crippen molar-refractivity contribution in [3.8, 4) is 22.8 Å². The molecular weight excluding hydrogens is 456 g/mol. The molecule has 0 spiro atoms. The van der Waals surface area contributed by atoms with E-state index in [-0.39, 0.29) is 40.5 Å². The molecule has 2 heterocycles. The van der Waals surface area contributed by atoms with Crippen LogP contribution in [0.25, 0.3) is 11.3 Å². The van der Waals surface area contributed by atoms with Crippen LogP contribution in [0.2, 0.25) is 0 Å². The number of hydrogen-bond donors (Lipinski definition) is 3. The van der Waals surface area contributed by atoms with Gasteiger partial charge >= 0.3 is 0 Å². The van der Waals surface area contributed by atoms with E-state index >= 15 is 0 Å². The van der Waals surface area contributed by atoms with Crippen LogP contribution in [0.3, 0.4) is 0 Å². The summed E-state index contributed by atoms with van der Waals surface area (Å²) in [6, 6.07) is 5.12. The van der Waals surface area contributed by atoms with Crippen LogP contribution >= 0.6 is 0 Å². The highest BCUT2D eigenvalue weighted by Gasteiger charge is 2.34. The Labute approximate surface area is 201 Å². The van der Waals surface area contributed by atoms with Gasteiger partial charge in [-0.3, -0.25) is 4.79 Å².